The van der Waals surface area contributed by atoms with Gasteiger partial charge in [-0.05, 0) is 241 Å². The molecule has 4 fully saturated rings. The van der Waals surface area contributed by atoms with Crippen LogP contribution < -0.4 is 5.32 Å². The van der Waals surface area contributed by atoms with E-state index in [1.807, 2.05) is 42.5 Å². The van der Waals surface area contributed by atoms with Crippen LogP contribution in [0.15, 0.2) is 176 Å². The summed E-state index contributed by atoms with van der Waals surface area (Å²) in [6.07, 6.45) is 20.5. The number of benzene rings is 8. The van der Waals surface area contributed by atoms with E-state index in [0.717, 1.165) is 144 Å². The van der Waals surface area contributed by atoms with Crippen molar-refractivity contribution >= 4 is 78.9 Å². The summed E-state index contributed by atoms with van der Waals surface area (Å²) in [6.45, 7) is 18.6. The molecule has 2 aliphatic heterocycles. The molecule has 105 heavy (non-hydrogen) atoms. The second-order valence-electron chi connectivity index (χ2n) is 30.2. The average Bonchev–Trinajstić information content (AvgIpc) is 1.66. The van der Waals surface area contributed by atoms with Crippen molar-refractivity contribution in [3.8, 4) is 0 Å². The maximum absolute atomic E-state index is 9.65. The van der Waals surface area contributed by atoms with Gasteiger partial charge in [0.25, 0.3) is 0 Å². The Morgan fingerprint density at radius 2 is 0.914 bits per heavy atom. The van der Waals surface area contributed by atoms with Gasteiger partial charge in [-0.2, -0.15) is 0 Å². The number of hydrogen-bond donors (Lipinski definition) is 2. The average molecular weight is 1470 g/mol. The van der Waals surface area contributed by atoms with E-state index in [1.54, 1.807) is 0 Å². The lowest BCUT2D eigenvalue weighted by atomic mass is 9.90. The van der Waals surface area contributed by atoms with Gasteiger partial charge in [-0.25, -0.2) is 19.9 Å². The Bertz CT molecular complexity index is 4740. The highest BCUT2D eigenvalue weighted by molar-refractivity contribution is 6.31. The second kappa shape index (κ2) is 36.7. The topological polar surface area (TPSA) is 119 Å². The molecule has 6 heterocycles. The largest absolute Gasteiger partial charge is 0.395 e. The highest BCUT2D eigenvalue weighted by Crippen LogP contribution is 2.31. The van der Waals surface area contributed by atoms with Crippen molar-refractivity contribution in [1.82, 2.24) is 53.3 Å². The maximum Gasteiger partial charge on any atom is 0.136 e. The first-order valence-electron chi connectivity index (χ1n) is 38.7. The van der Waals surface area contributed by atoms with Crippen molar-refractivity contribution in [1.29, 1.82) is 0 Å². The molecule has 8 aromatic carbocycles. The maximum atomic E-state index is 9.65. The Hall–Kier alpha value is -7.69. The molecule has 16 rings (SSSR count). The Labute approximate surface area is 636 Å². The van der Waals surface area contributed by atoms with Crippen LogP contribution in [0.5, 0.6) is 0 Å². The van der Waals surface area contributed by atoms with Crippen molar-refractivity contribution in [2.24, 2.45) is 11.8 Å². The molecule has 0 amide bonds. The van der Waals surface area contributed by atoms with Gasteiger partial charge in [0.15, 0.2) is 0 Å². The van der Waals surface area contributed by atoms with E-state index < -0.39 is 0 Å². The number of halogens is 3. The number of aliphatic hydroxyl groups excluding tert-OH is 1. The number of rotatable bonds is 21. The van der Waals surface area contributed by atoms with Gasteiger partial charge in [-0.15, -0.1) is 0 Å². The fourth-order valence-corrected chi connectivity index (χ4v) is 16.3. The number of nitrogens with zero attached hydrogens (tertiary/aromatic N) is 10. The lowest BCUT2D eigenvalue weighted by Gasteiger charge is -2.29. The van der Waals surface area contributed by atoms with Crippen LogP contribution in [0.1, 0.15) is 164 Å². The molecule has 12 aromatic rings. The summed E-state index contributed by atoms with van der Waals surface area (Å²) in [6, 6.07) is 61.7. The van der Waals surface area contributed by atoms with Crippen LogP contribution in [0.3, 0.4) is 0 Å². The highest BCUT2D eigenvalue weighted by Gasteiger charge is 2.27. The van der Waals surface area contributed by atoms with Crippen LogP contribution >= 0.6 is 34.8 Å². The van der Waals surface area contributed by atoms with E-state index in [-0.39, 0.29) is 12.6 Å². The third-order valence-corrected chi connectivity index (χ3v) is 22.9. The number of hydrogen-bond acceptors (Lipinski definition) is 9. The zero-order valence-corrected chi connectivity index (χ0v) is 64.6. The summed E-state index contributed by atoms with van der Waals surface area (Å²) in [4.78, 5) is 24.5. The minimum absolute atomic E-state index is 0.233. The Morgan fingerprint density at radius 1 is 0.438 bits per heavy atom. The number of imidazole rings is 4. The standard InChI is InChI=1S/C24H30ClN3.C22H25ClN2O.C22H27N3O.C21H24ClN3/c1-17-13-22-23(14-18(17)2)28(16-20-6-9-21(25)10-7-20)24(26-22)11-8-19-5-4-12-27(3)15-19;23-19-12-10-17(11-13-19)14-25-21-9-5-4-8-20(21)24-22(25)16-26-15-18-6-2-1-3-7-18;1-16-5-8-18(9-6-16)13-25-21-12-17(2)7-10-20(21)23-22(25)14-24-11-3-4-19(24)15-26;22-17-12-10-16(11-13-17)15-25-20-9-5-4-8-19(20)24-21(25)14-23-18-6-2-1-3-7-18/h6-7,9-10,13-14,19H,4-5,8,11-12,15-16H2,1-3H3;4-5,8-13,18H,1-3,6-7,14-16H2;5-10,12,19,26H,3-4,11,13-15H2,1-2H3;4-5,8-13,18,23H,1-3,6-7,14-15H2/t;;19-;/m..0./s1. The smallest absolute Gasteiger partial charge is 0.136 e. The lowest BCUT2D eigenvalue weighted by molar-refractivity contribution is 0.0687. The zero-order valence-electron chi connectivity index (χ0n) is 62.3. The van der Waals surface area contributed by atoms with Crippen LogP contribution in [-0.2, 0) is 57.0 Å². The first-order valence-corrected chi connectivity index (χ1v) is 39.8. The number of likely N-dealkylation sites (tertiary alicyclic amines) is 2. The molecule has 2 saturated carbocycles. The monoisotopic (exact) mass is 1470 g/mol. The van der Waals surface area contributed by atoms with Gasteiger partial charge in [0.05, 0.1) is 63.8 Å². The number of aryl methyl sites for hydroxylation is 5. The van der Waals surface area contributed by atoms with Gasteiger partial charge in [0, 0.05) is 72.9 Å². The van der Waals surface area contributed by atoms with Gasteiger partial charge in [-0.3, -0.25) is 4.90 Å². The van der Waals surface area contributed by atoms with Gasteiger partial charge in [0.2, 0.25) is 0 Å². The van der Waals surface area contributed by atoms with E-state index in [1.165, 1.54) is 163 Å². The zero-order chi connectivity index (χ0) is 72.6. The number of nitrogens with one attached hydrogen (secondary N) is 1. The number of aromatic nitrogens is 8. The first kappa shape index (κ1) is 75.5. The van der Waals surface area contributed by atoms with Gasteiger partial charge in [-0.1, -0.05) is 170 Å². The Morgan fingerprint density at radius 3 is 1.51 bits per heavy atom. The quantitative estimate of drug-likeness (QED) is 0.0725. The molecule has 2 N–H and O–H groups in total. The third-order valence-electron chi connectivity index (χ3n) is 22.1. The van der Waals surface area contributed by atoms with E-state index in [9.17, 15) is 5.11 Å². The van der Waals surface area contributed by atoms with E-state index in [0.29, 0.717) is 12.6 Å². The molecule has 0 radical (unpaired) electrons. The van der Waals surface area contributed by atoms with Crippen molar-refractivity contribution in [2.45, 2.75) is 188 Å². The van der Waals surface area contributed by atoms with Crippen molar-refractivity contribution in [3.05, 3.63) is 259 Å². The lowest BCUT2D eigenvalue weighted by Crippen LogP contribution is -2.32. The van der Waals surface area contributed by atoms with Crippen molar-refractivity contribution in [2.75, 3.05) is 39.9 Å². The predicted octanol–water partition coefficient (Wildman–Crippen LogP) is 20.3. The molecule has 4 aromatic heterocycles. The molecule has 16 heteroatoms. The number of fused-ring (bicyclic) bond motifs is 4. The summed E-state index contributed by atoms with van der Waals surface area (Å²) in [5.41, 5.74) is 19.2. The van der Waals surface area contributed by atoms with E-state index in [4.69, 9.17) is 59.5 Å². The van der Waals surface area contributed by atoms with Crippen LogP contribution in [0.2, 0.25) is 15.1 Å². The molecule has 1 unspecified atom stereocenters. The van der Waals surface area contributed by atoms with Gasteiger partial charge in [0.1, 0.15) is 29.9 Å². The Balaban J connectivity index is 0.000000124. The van der Waals surface area contributed by atoms with Crippen LogP contribution in [0.25, 0.3) is 44.1 Å². The predicted molar refractivity (Wildman–Crippen MR) is 434 cm³/mol. The SMILES string of the molecule is Cc1cc2nc(CCC3CCCN(C)C3)n(Cc3ccc(Cl)cc3)c2cc1C.Cc1ccc(Cn2c(CN3CCC[C@H]3CO)nc3ccc(C)cc32)cc1.Clc1ccc(Cn2c(CNC3CCCCC3)nc3ccccc32)cc1.Clc1ccc(Cn2c(COCC3CCCCC3)nc3ccccc32)cc1. The normalized spacial score (nSPS) is 16.9. The van der Waals surface area contributed by atoms with Gasteiger partial charge < -0.3 is 38.3 Å². The highest BCUT2D eigenvalue weighted by atomic mass is 35.5. The van der Waals surface area contributed by atoms with Crippen LogP contribution in [-0.4, -0.2) is 105 Å². The summed E-state index contributed by atoms with van der Waals surface area (Å²) >= 11 is 18.1. The second-order valence-corrected chi connectivity index (χ2v) is 31.5. The van der Waals surface area contributed by atoms with E-state index >= 15 is 0 Å². The fraction of sp³-hybridized carbons (Fsp3) is 0.416. The molecule has 13 nitrogen and oxygen atoms in total. The first-order chi connectivity index (χ1) is 51.2. The fourth-order valence-electron chi connectivity index (χ4n) is 16.0. The molecular formula is C89H106Cl3N11O2. The third kappa shape index (κ3) is 20.3. The molecule has 2 aliphatic carbocycles. The summed E-state index contributed by atoms with van der Waals surface area (Å²) in [7, 11) is 2.24. The summed E-state index contributed by atoms with van der Waals surface area (Å²) in [5, 5.41) is 15.7. The number of ether oxygens (including phenoxy) is 1. The molecule has 4 aliphatic rings. The molecule has 550 valence electrons. The Kier molecular flexibility index (Phi) is 26.4. The number of piperidine rings is 1. The van der Waals surface area contributed by atoms with Crippen molar-refractivity contribution < 1.29 is 9.84 Å². The molecular weight excluding hydrogens is 1360 g/mol. The summed E-state index contributed by atoms with van der Waals surface area (Å²) < 4.78 is 15.4. The van der Waals surface area contributed by atoms with Crippen LogP contribution in [0, 0.1) is 39.5 Å². The van der Waals surface area contributed by atoms with Crippen molar-refractivity contribution in [3.63, 3.8) is 0 Å². The van der Waals surface area contributed by atoms with Crippen LogP contribution in [0.4, 0.5) is 0 Å². The minimum Gasteiger partial charge on any atom is -0.395 e. The molecule has 2 saturated heterocycles. The molecule has 2 atom stereocenters. The molecule has 0 spiro atoms. The summed E-state index contributed by atoms with van der Waals surface area (Å²) in [5.74, 6) is 5.91. The number of aliphatic hydroxyl groups is 1. The van der Waals surface area contributed by atoms with Gasteiger partial charge >= 0.3 is 0 Å². The number of para-hydroxylation sites is 4. The van der Waals surface area contributed by atoms with E-state index in [2.05, 4.69) is 202 Å². The molecule has 0 bridgehead atoms. The minimum atomic E-state index is 0.233.